The summed E-state index contributed by atoms with van der Waals surface area (Å²) >= 11 is 6.00. The minimum atomic E-state index is -4.41. The topological polar surface area (TPSA) is 63.0 Å². The van der Waals surface area contributed by atoms with Crippen LogP contribution in [0.3, 0.4) is 0 Å². The zero-order chi connectivity index (χ0) is 26.2. The van der Waals surface area contributed by atoms with E-state index in [2.05, 4.69) is 10.1 Å². The molecule has 2 aromatic carbocycles. The molecule has 7 nitrogen and oxygen atoms in total. The third-order valence-corrected chi connectivity index (χ3v) is 6.59. The van der Waals surface area contributed by atoms with Gasteiger partial charge in [0.2, 0.25) is 0 Å². The molecule has 0 unspecified atom stereocenters. The number of benzene rings is 2. The van der Waals surface area contributed by atoms with E-state index in [1.807, 2.05) is 23.1 Å². The van der Waals surface area contributed by atoms with E-state index < -0.39 is 11.7 Å². The number of carbonyl (C=O) groups excluding carboxylic acids is 1. The summed E-state index contributed by atoms with van der Waals surface area (Å²) in [7, 11) is 1.54. The molecule has 1 amide bonds. The molecule has 0 spiro atoms. The average molecular weight is 530 g/mol. The van der Waals surface area contributed by atoms with E-state index in [0.717, 1.165) is 17.7 Å². The third kappa shape index (κ3) is 5.12. The van der Waals surface area contributed by atoms with Gasteiger partial charge in [-0.25, -0.2) is 9.50 Å². The van der Waals surface area contributed by atoms with Crippen LogP contribution in [0.5, 0.6) is 0 Å². The Labute approximate surface area is 216 Å². The molecular weight excluding hydrogens is 507 g/mol. The van der Waals surface area contributed by atoms with E-state index in [9.17, 15) is 18.0 Å². The first-order chi connectivity index (χ1) is 17.7. The van der Waals surface area contributed by atoms with Crippen LogP contribution < -0.4 is 4.90 Å². The number of nitrogens with zero attached hydrogens (tertiary/aromatic N) is 5. The van der Waals surface area contributed by atoms with Crippen LogP contribution in [-0.4, -0.2) is 58.7 Å². The second kappa shape index (κ2) is 10.0. The monoisotopic (exact) mass is 529 g/mol. The van der Waals surface area contributed by atoms with Gasteiger partial charge in [-0.15, -0.1) is 0 Å². The van der Waals surface area contributed by atoms with Gasteiger partial charge in [-0.05, 0) is 30.3 Å². The third-order valence-electron chi connectivity index (χ3n) is 6.34. The van der Waals surface area contributed by atoms with Gasteiger partial charge < -0.3 is 14.5 Å². The fraction of sp³-hybridized carbons (Fsp3) is 0.269. The maximum absolute atomic E-state index is 13.5. The van der Waals surface area contributed by atoms with Crippen molar-refractivity contribution in [2.24, 2.45) is 0 Å². The van der Waals surface area contributed by atoms with E-state index in [1.165, 1.54) is 19.4 Å². The van der Waals surface area contributed by atoms with Gasteiger partial charge in [0, 0.05) is 61.8 Å². The van der Waals surface area contributed by atoms with Crippen molar-refractivity contribution in [1.82, 2.24) is 19.5 Å². The Kier molecular flexibility index (Phi) is 6.78. The lowest BCUT2D eigenvalue weighted by Crippen LogP contribution is -2.49. The van der Waals surface area contributed by atoms with Crippen molar-refractivity contribution in [3.8, 4) is 11.3 Å². The summed E-state index contributed by atoms with van der Waals surface area (Å²) in [5.74, 6) is -0.228. The number of rotatable bonds is 5. The molecule has 0 atom stereocenters. The van der Waals surface area contributed by atoms with Crippen LogP contribution in [0.4, 0.5) is 18.9 Å². The number of alkyl halides is 3. The molecule has 1 saturated heterocycles. The lowest BCUT2D eigenvalue weighted by Gasteiger charge is -2.36. The van der Waals surface area contributed by atoms with Crippen LogP contribution in [0.25, 0.3) is 16.9 Å². The van der Waals surface area contributed by atoms with Crippen molar-refractivity contribution in [2.75, 3.05) is 38.2 Å². The highest BCUT2D eigenvalue weighted by Crippen LogP contribution is 2.32. The number of fused-ring (bicyclic) bond motifs is 1. The highest BCUT2D eigenvalue weighted by Gasteiger charge is 2.31. The van der Waals surface area contributed by atoms with Gasteiger partial charge >= 0.3 is 6.18 Å². The minimum absolute atomic E-state index is 0.145. The second-order valence-electron chi connectivity index (χ2n) is 8.69. The SMILES string of the molecule is COCc1c(C(=O)N2CCN(c3cccc(C(F)(F)F)c3)CC2)cnc2cc(-c3ccc(Cl)cc3)nn12. The van der Waals surface area contributed by atoms with Crippen LogP contribution >= 0.6 is 11.6 Å². The number of hydrogen-bond donors (Lipinski definition) is 0. The highest BCUT2D eigenvalue weighted by atomic mass is 35.5. The van der Waals surface area contributed by atoms with Gasteiger partial charge in [-0.3, -0.25) is 4.79 Å². The molecule has 3 heterocycles. The van der Waals surface area contributed by atoms with Gasteiger partial charge in [-0.1, -0.05) is 29.8 Å². The van der Waals surface area contributed by atoms with E-state index in [1.54, 1.807) is 27.6 Å². The molecule has 1 fully saturated rings. The van der Waals surface area contributed by atoms with Gasteiger partial charge in [0.1, 0.15) is 0 Å². The lowest BCUT2D eigenvalue weighted by molar-refractivity contribution is -0.137. The molecular formula is C26H23ClF3N5O2. The molecule has 1 aliphatic heterocycles. The molecule has 11 heteroatoms. The Bertz CT molecular complexity index is 1430. The molecule has 0 bridgehead atoms. The van der Waals surface area contributed by atoms with Crippen LogP contribution in [-0.2, 0) is 17.5 Å². The van der Waals surface area contributed by atoms with Gasteiger partial charge in [0.05, 0.1) is 29.1 Å². The molecule has 0 aliphatic carbocycles. The van der Waals surface area contributed by atoms with E-state index in [0.29, 0.717) is 59.5 Å². The highest BCUT2D eigenvalue weighted by molar-refractivity contribution is 6.30. The number of halogens is 4. The molecule has 2 aromatic heterocycles. The van der Waals surface area contributed by atoms with Crippen molar-refractivity contribution in [3.63, 3.8) is 0 Å². The molecule has 192 valence electrons. The normalized spacial score (nSPS) is 14.4. The number of anilines is 1. The standard InChI is InChI=1S/C26H23ClF3N5O2/c1-37-16-23-21(15-31-24-14-22(32-35(23)24)17-5-7-19(27)8-6-17)25(36)34-11-9-33(10-12-34)20-4-2-3-18(13-20)26(28,29)30/h2-8,13-15H,9-12,16H2,1H3. The van der Waals surface area contributed by atoms with Crippen molar-refractivity contribution >= 4 is 28.8 Å². The maximum atomic E-state index is 13.5. The minimum Gasteiger partial charge on any atom is -0.378 e. The molecule has 1 aliphatic rings. The summed E-state index contributed by atoms with van der Waals surface area (Å²) in [6.45, 7) is 1.67. The number of amides is 1. The van der Waals surface area contributed by atoms with Gasteiger partial charge in [-0.2, -0.15) is 18.3 Å². The summed E-state index contributed by atoms with van der Waals surface area (Å²) in [5.41, 5.74) is 2.84. The van der Waals surface area contributed by atoms with Crippen LogP contribution in [0.1, 0.15) is 21.6 Å². The summed E-state index contributed by atoms with van der Waals surface area (Å²) in [5, 5.41) is 5.28. The predicted octanol–water partition coefficient (Wildman–Crippen LogP) is 5.18. The van der Waals surface area contributed by atoms with E-state index in [-0.39, 0.29) is 12.5 Å². The quantitative estimate of drug-likeness (QED) is 0.357. The fourth-order valence-corrected chi connectivity index (χ4v) is 4.54. The number of methoxy groups -OCH3 is 1. The number of piperazine rings is 1. The maximum Gasteiger partial charge on any atom is 0.416 e. The second-order valence-corrected chi connectivity index (χ2v) is 9.12. The smallest absolute Gasteiger partial charge is 0.378 e. The lowest BCUT2D eigenvalue weighted by atomic mass is 10.1. The van der Waals surface area contributed by atoms with Crippen molar-refractivity contribution in [1.29, 1.82) is 0 Å². The Morgan fingerprint density at radius 3 is 2.46 bits per heavy atom. The predicted molar refractivity (Wildman–Crippen MR) is 134 cm³/mol. The Morgan fingerprint density at radius 1 is 1.05 bits per heavy atom. The summed E-state index contributed by atoms with van der Waals surface area (Å²) in [6.07, 6.45) is -2.88. The van der Waals surface area contributed by atoms with Crippen molar-refractivity contribution in [3.05, 3.63) is 82.6 Å². The summed E-state index contributed by atoms with van der Waals surface area (Å²) in [4.78, 5) is 21.5. The van der Waals surface area contributed by atoms with Gasteiger partial charge in [0.15, 0.2) is 5.65 Å². The first-order valence-corrected chi connectivity index (χ1v) is 12.0. The van der Waals surface area contributed by atoms with Crippen molar-refractivity contribution < 1.29 is 22.7 Å². The number of hydrogen-bond acceptors (Lipinski definition) is 5. The van der Waals surface area contributed by atoms with Crippen LogP contribution in [0, 0.1) is 0 Å². The number of carbonyl (C=O) groups is 1. The Morgan fingerprint density at radius 2 is 1.78 bits per heavy atom. The summed E-state index contributed by atoms with van der Waals surface area (Å²) < 4.78 is 46.3. The van der Waals surface area contributed by atoms with Crippen molar-refractivity contribution in [2.45, 2.75) is 12.8 Å². The largest absolute Gasteiger partial charge is 0.416 e. The molecule has 5 rings (SSSR count). The first kappa shape index (κ1) is 25.0. The summed E-state index contributed by atoms with van der Waals surface area (Å²) in [6, 6.07) is 14.3. The molecule has 0 N–H and O–H groups in total. The molecule has 0 radical (unpaired) electrons. The molecule has 0 saturated carbocycles. The van der Waals surface area contributed by atoms with E-state index in [4.69, 9.17) is 16.3 Å². The Hall–Kier alpha value is -3.63. The van der Waals surface area contributed by atoms with Gasteiger partial charge in [0.25, 0.3) is 5.91 Å². The zero-order valence-electron chi connectivity index (χ0n) is 19.9. The Balaban J connectivity index is 1.37. The number of ether oxygens (including phenoxy) is 1. The van der Waals surface area contributed by atoms with E-state index >= 15 is 0 Å². The number of aromatic nitrogens is 3. The first-order valence-electron chi connectivity index (χ1n) is 11.6. The average Bonchev–Trinajstić information content (AvgIpc) is 3.34. The van der Waals surface area contributed by atoms with Crippen LogP contribution in [0.15, 0.2) is 60.8 Å². The zero-order valence-corrected chi connectivity index (χ0v) is 20.6. The van der Waals surface area contributed by atoms with Crippen LogP contribution in [0.2, 0.25) is 5.02 Å². The molecule has 4 aromatic rings. The fourth-order valence-electron chi connectivity index (χ4n) is 4.41. The molecule has 37 heavy (non-hydrogen) atoms.